The first kappa shape index (κ1) is 44.2. The summed E-state index contributed by atoms with van der Waals surface area (Å²) in [6.07, 6.45) is -0.796. The molecule has 2 atom stereocenters. The normalized spacial score (nSPS) is 13.2. The molecule has 4 amide bonds. The second-order valence-corrected chi connectivity index (χ2v) is 17.0. The summed E-state index contributed by atoms with van der Waals surface area (Å²) >= 11 is 1.45. The fraction of sp³-hybridized carbons (Fsp3) is 0.286. The highest BCUT2D eigenvalue weighted by atomic mass is 32.2. The highest BCUT2D eigenvalue weighted by Gasteiger charge is 2.41. The molecule has 0 saturated carbocycles. The lowest BCUT2D eigenvalue weighted by atomic mass is 9.84. The second kappa shape index (κ2) is 19.8. The monoisotopic (exact) mass is 840 g/mol. The topological polar surface area (TPSA) is 152 Å². The zero-order valence-corrected chi connectivity index (χ0v) is 35.8. The van der Waals surface area contributed by atoms with Crippen molar-refractivity contribution < 1.29 is 33.4 Å². The molecule has 0 saturated heterocycles. The number of carbonyl (C=O) groups is 5. The van der Waals surface area contributed by atoms with Gasteiger partial charge < -0.3 is 30.7 Å². The van der Waals surface area contributed by atoms with Gasteiger partial charge in [0.2, 0.25) is 17.7 Å². The van der Waals surface area contributed by atoms with Gasteiger partial charge in [-0.2, -0.15) is 0 Å². The highest BCUT2D eigenvalue weighted by Crippen LogP contribution is 2.49. The number of methoxy groups -OCH3 is 1. The molecule has 0 bridgehead atoms. The summed E-state index contributed by atoms with van der Waals surface area (Å²) in [6.45, 7) is 6.26. The fourth-order valence-electron chi connectivity index (χ4n) is 7.58. The number of alkyl carbamates (subject to hydrolysis) is 1. The van der Waals surface area contributed by atoms with Gasteiger partial charge in [-0.15, -0.1) is 11.8 Å². The molecule has 5 aromatic rings. The average Bonchev–Trinajstić information content (AvgIpc) is 3.60. The molecule has 1 aliphatic carbocycles. The summed E-state index contributed by atoms with van der Waals surface area (Å²) < 4.78 is 9.61. The molecule has 0 aliphatic heterocycles. The van der Waals surface area contributed by atoms with Crippen LogP contribution in [0.3, 0.4) is 0 Å². The van der Waals surface area contributed by atoms with Crippen LogP contribution in [0.2, 0.25) is 0 Å². The minimum Gasteiger partial charge on any atom is -0.468 e. The smallest absolute Gasteiger partial charge is 0.408 e. The van der Waals surface area contributed by atoms with E-state index in [0.29, 0.717) is 0 Å². The molecule has 1 aliphatic rings. The maximum absolute atomic E-state index is 14.5. The van der Waals surface area contributed by atoms with Crippen LogP contribution in [0, 0.1) is 5.92 Å². The van der Waals surface area contributed by atoms with Gasteiger partial charge in [0.1, 0.15) is 30.8 Å². The van der Waals surface area contributed by atoms with E-state index in [9.17, 15) is 24.0 Å². The first-order valence-corrected chi connectivity index (χ1v) is 21.2. The number of rotatable bonds is 17. The van der Waals surface area contributed by atoms with Crippen LogP contribution in [0.4, 0.5) is 4.79 Å². The number of fused-ring (bicyclic) bond motifs is 3. The molecule has 0 radical (unpaired) electrons. The van der Waals surface area contributed by atoms with E-state index in [4.69, 9.17) is 4.74 Å². The Morgan fingerprint density at radius 3 is 1.61 bits per heavy atom. The summed E-state index contributed by atoms with van der Waals surface area (Å²) in [7, 11) is 1.21. The number of amides is 4. The molecule has 12 heteroatoms. The van der Waals surface area contributed by atoms with Gasteiger partial charge in [-0.05, 0) is 58.7 Å². The van der Waals surface area contributed by atoms with Crippen molar-refractivity contribution in [3.8, 4) is 11.1 Å². The van der Waals surface area contributed by atoms with E-state index in [-0.39, 0.29) is 24.8 Å². The van der Waals surface area contributed by atoms with E-state index >= 15 is 0 Å². The number of ether oxygens (including phenoxy) is 2. The summed E-state index contributed by atoms with van der Waals surface area (Å²) in [5, 5.41) is 11.0. The van der Waals surface area contributed by atoms with Crippen molar-refractivity contribution in [2.75, 3.05) is 26.0 Å². The zero-order valence-electron chi connectivity index (χ0n) is 35.0. The summed E-state index contributed by atoms with van der Waals surface area (Å²) in [5.74, 6) is -3.06. The molecule has 11 nitrogen and oxygen atoms in total. The predicted octanol–water partition coefficient (Wildman–Crippen LogP) is 6.94. The highest BCUT2D eigenvalue weighted by molar-refractivity contribution is 8.00. The van der Waals surface area contributed by atoms with E-state index in [1.165, 1.54) is 32.7 Å². The Morgan fingerprint density at radius 1 is 0.656 bits per heavy atom. The first-order chi connectivity index (χ1) is 29.4. The molecule has 0 aromatic heterocycles. The van der Waals surface area contributed by atoms with Crippen LogP contribution in [-0.2, 0) is 33.4 Å². The van der Waals surface area contributed by atoms with Crippen LogP contribution in [0.5, 0.6) is 0 Å². The minimum atomic E-state index is -1.55. The molecule has 0 fully saturated rings. The third kappa shape index (κ3) is 10.1. The van der Waals surface area contributed by atoms with Gasteiger partial charge in [-0.3, -0.25) is 19.2 Å². The van der Waals surface area contributed by atoms with Crippen molar-refractivity contribution in [2.45, 2.75) is 56.0 Å². The minimum absolute atomic E-state index is 0.0336. The predicted molar refractivity (Wildman–Crippen MR) is 238 cm³/mol. The lowest BCUT2D eigenvalue weighted by molar-refractivity contribution is -0.141. The maximum atomic E-state index is 14.5. The summed E-state index contributed by atoms with van der Waals surface area (Å²) in [5.41, 5.74) is 5.58. The number of hydrogen-bond donors (Lipinski definition) is 4. The number of esters is 1. The van der Waals surface area contributed by atoms with Crippen LogP contribution in [0.1, 0.15) is 61.4 Å². The largest absolute Gasteiger partial charge is 0.468 e. The Labute approximate surface area is 361 Å². The quantitative estimate of drug-likeness (QED) is 0.0581. The third-order valence-electron chi connectivity index (χ3n) is 10.8. The van der Waals surface area contributed by atoms with Crippen LogP contribution >= 0.6 is 11.8 Å². The molecule has 316 valence electrons. The van der Waals surface area contributed by atoms with Gasteiger partial charge in [0, 0.05) is 11.7 Å². The number of nitrogens with one attached hydrogen (secondary N) is 4. The van der Waals surface area contributed by atoms with Gasteiger partial charge in [0.05, 0.1) is 11.9 Å². The summed E-state index contributed by atoms with van der Waals surface area (Å²) in [6, 6.07) is 43.5. The van der Waals surface area contributed by atoms with E-state index < -0.39 is 58.1 Å². The Hall–Kier alpha value is -6.40. The van der Waals surface area contributed by atoms with Gasteiger partial charge in [0.15, 0.2) is 0 Å². The van der Waals surface area contributed by atoms with Crippen molar-refractivity contribution in [3.63, 3.8) is 0 Å². The van der Waals surface area contributed by atoms with Crippen molar-refractivity contribution in [3.05, 3.63) is 167 Å². The molecule has 61 heavy (non-hydrogen) atoms. The molecule has 6 rings (SSSR count). The maximum Gasteiger partial charge on any atom is 0.408 e. The lowest BCUT2D eigenvalue weighted by Crippen LogP contribution is -2.61. The van der Waals surface area contributed by atoms with Crippen LogP contribution in [0.15, 0.2) is 140 Å². The van der Waals surface area contributed by atoms with Crippen molar-refractivity contribution >= 4 is 41.5 Å². The van der Waals surface area contributed by atoms with Crippen molar-refractivity contribution in [1.29, 1.82) is 0 Å². The zero-order chi connectivity index (χ0) is 43.6. The number of thioether (sulfide) groups is 1. The van der Waals surface area contributed by atoms with E-state index in [1.807, 2.05) is 140 Å². The van der Waals surface area contributed by atoms with Gasteiger partial charge in [-0.25, -0.2) is 4.79 Å². The van der Waals surface area contributed by atoms with Crippen LogP contribution < -0.4 is 21.3 Å². The molecule has 2 unspecified atom stereocenters. The molecule has 4 N–H and O–H groups in total. The molecule has 0 spiro atoms. The van der Waals surface area contributed by atoms with E-state index in [0.717, 1.165) is 38.9 Å². The fourth-order valence-corrected chi connectivity index (χ4v) is 9.13. The molecule has 5 aromatic carbocycles. The Balaban J connectivity index is 1.26. The number of hydrogen-bond acceptors (Lipinski definition) is 8. The second-order valence-electron chi connectivity index (χ2n) is 15.7. The Kier molecular flexibility index (Phi) is 14.3. The van der Waals surface area contributed by atoms with Crippen molar-refractivity contribution in [1.82, 2.24) is 21.3 Å². The van der Waals surface area contributed by atoms with Gasteiger partial charge >= 0.3 is 12.1 Å². The number of benzene rings is 5. The first-order valence-electron chi connectivity index (χ1n) is 20.2. The van der Waals surface area contributed by atoms with Gasteiger partial charge in [0.25, 0.3) is 0 Å². The van der Waals surface area contributed by atoms with Crippen LogP contribution in [0.25, 0.3) is 11.1 Å². The van der Waals surface area contributed by atoms with Crippen molar-refractivity contribution in [2.24, 2.45) is 5.92 Å². The summed E-state index contributed by atoms with van der Waals surface area (Å²) in [4.78, 5) is 67.4. The van der Waals surface area contributed by atoms with E-state index in [2.05, 4.69) is 26.0 Å². The average molecular weight is 841 g/mol. The Bertz CT molecular complexity index is 2180. The van der Waals surface area contributed by atoms with Gasteiger partial charge in [-0.1, -0.05) is 153 Å². The SMILES string of the molecule is COC(=O)CNC(=O)C(NC(=O)C(CSC(c1ccccc1)(c1ccccc1)c1ccccc1)NC(=O)C(C)(C)NC(=O)OCC1c2ccccc2-c2ccccc21)C(C)C. The molecule has 0 heterocycles. The lowest BCUT2D eigenvalue weighted by Gasteiger charge is -2.37. The molecular weight excluding hydrogens is 789 g/mol. The number of carbonyl (C=O) groups excluding carboxylic acids is 5. The standard InChI is InChI=1S/C49H52N4O7S/c1-32(2)43(45(56)50-29-42(54)59-5)52-44(55)41(31-61-49(33-19-9-6-10-20-33,34-21-11-7-12-22-34)35-23-13-8-14-24-35)51-46(57)48(3,4)53-47(58)60-30-40-38-27-17-15-25-36(38)37-26-16-18-28-39(37)40/h6-28,32,40-41,43H,29-31H2,1-5H3,(H,50,56)(H,51,57)(H,52,55)(H,53,58). The van der Waals surface area contributed by atoms with E-state index in [1.54, 1.807) is 13.8 Å². The Morgan fingerprint density at radius 2 is 1.13 bits per heavy atom. The third-order valence-corrected chi connectivity index (χ3v) is 12.5. The molecular formula is C49H52N4O7S. The van der Waals surface area contributed by atoms with Crippen LogP contribution in [-0.4, -0.2) is 73.4 Å².